The highest BCUT2D eigenvalue weighted by Crippen LogP contribution is 2.07. The molecule has 0 radical (unpaired) electrons. The summed E-state index contributed by atoms with van der Waals surface area (Å²) < 4.78 is 0. The Morgan fingerprint density at radius 3 is 2.53 bits per heavy atom. The summed E-state index contributed by atoms with van der Waals surface area (Å²) in [4.78, 5) is 11.3. The third kappa shape index (κ3) is 10.1. The minimum absolute atomic E-state index is 0.144. The molecule has 0 heterocycles. The summed E-state index contributed by atoms with van der Waals surface area (Å²) in [5.74, 6) is 2.53. The molecule has 0 aromatic carbocycles. The summed E-state index contributed by atoms with van der Waals surface area (Å²) in [5, 5.41) is 5.98. The van der Waals surface area contributed by atoms with Crippen LogP contribution in [0.2, 0.25) is 0 Å². The van der Waals surface area contributed by atoms with Gasteiger partial charge in [0, 0.05) is 12.6 Å². The number of thioether (sulfide) groups is 1. The third-order valence-corrected chi connectivity index (χ3v) is 3.16. The number of carbonyl (C=O) groups is 1. The van der Waals surface area contributed by atoms with E-state index in [-0.39, 0.29) is 5.91 Å². The molecule has 90 valence electrons. The molecule has 1 unspecified atom stereocenters. The van der Waals surface area contributed by atoms with E-state index in [9.17, 15) is 4.79 Å². The summed E-state index contributed by atoms with van der Waals surface area (Å²) in [5.41, 5.74) is 0. The normalized spacial score (nSPS) is 12.9. The van der Waals surface area contributed by atoms with E-state index >= 15 is 0 Å². The second-order valence-corrected chi connectivity index (χ2v) is 5.33. The predicted octanol–water partition coefficient (Wildman–Crippen LogP) is 1.49. The Labute approximate surface area is 97.8 Å². The van der Waals surface area contributed by atoms with Crippen LogP contribution in [0.5, 0.6) is 0 Å². The van der Waals surface area contributed by atoms with Crippen molar-refractivity contribution in [2.75, 3.05) is 25.1 Å². The minimum Gasteiger partial charge on any atom is -0.354 e. The van der Waals surface area contributed by atoms with Gasteiger partial charge < -0.3 is 10.6 Å². The van der Waals surface area contributed by atoms with Crippen LogP contribution in [-0.2, 0) is 4.79 Å². The Bertz CT molecular complexity index is 174. The molecule has 0 spiro atoms. The molecular weight excluding hydrogens is 208 g/mol. The van der Waals surface area contributed by atoms with Crippen LogP contribution in [0, 0.1) is 5.92 Å². The zero-order chi connectivity index (χ0) is 11.7. The lowest BCUT2D eigenvalue weighted by atomic mass is 10.2. The lowest BCUT2D eigenvalue weighted by Crippen LogP contribution is -2.37. The van der Waals surface area contributed by atoms with E-state index in [4.69, 9.17) is 0 Å². The van der Waals surface area contributed by atoms with E-state index in [0.29, 0.717) is 18.3 Å². The van der Waals surface area contributed by atoms with Crippen molar-refractivity contribution in [1.29, 1.82) is 0 Å². The molecule has 3 nitrogen and oxygen atoms in total. The second-order valence-electron chi connectivity index (χ2n) is 4.23. The van der Waals surface area contributed by atoms with Crippen LogP contribution in [0.25, 0.3) is 0 Å². The summed E-state index contributed by atoms with van der Waals surface area (Å²) in [6, 6.07) is 0.342. The largest absolute Gasteiger partial charge is 0.354 e. The van der Waals surface area contributed by atoms with Crippen molar-refractivity contribution >= 4 is 17.7 Å². The van der Waals surface area contributed by atoms with Crippen molar-refractivity contribution in [2.45, 2.75) is 33.2 Å². The van der Waals surface area contributed by atoms with Gasteiger partial charge in [-0.1, -0.05) is 13.8 Å². The SMILES string of the molecule is CNC(C)CNC(=O)CSCCC(C)C. The molecule has 2 N–H and O–H groups in total. The first-order valence-electron chi connectivity index (χ1n) is 5.58. The smallest absolute Gasteiger partial charge is 0.230 e. The molecule has 0 saturated heterocycles. The van der Waals surface area contributed by atoms with E-state index in [2.05, 4.69) is 24.5 Å². The van der Waals surface area contributed by atoms with Gasteiger partial charge in [-0.05, 0) is 32.1 Å². The van der Waals surface area contributed by atoms with E-state index in [1.165, 1.54) is 6.42 Å². The van der Waals surface area contributed by atoms with Crippen molar-refractivity contribution in [3.05, 3.63) is 0 Å². The molecule has 1 amide bonds. The molecule has 0 aromatic rings. The fourth-order valence-corrected chi connectivity index (χ4v) is 1.97. The van der Waals surface area contributed by atoms with Gasteiger partial charge >= 0.3 is 0 Å². The molecule has 0 rings (SSSR count). The van der Waals surface area contributed by atoms with Gasteiger partial charge in [0.15, 0.2) is 0 Å². The van der Waals surface area contributed by atoms with Gasteiger partial charge in [0.25, 0.3) is 0 Å². The van der Waals surface area contributed by atoms with Crippen molar-refractivity contribution in [2.24, 2.45) is 5.92 Å². The van der Waals surface area contributed by atoms with Crippen molar-refractivity contribution in [1.82, 2.24) is 10.6 Å². The zero-order valence-electron chi connectivity index (χ0n) is 10.3. The standard InChI is InChI=1S/C11H24N2OS/c1-9(2)5-6-15-8-11(14)13-7-10(3)12-4/h9-10,12H,5-8H2,1-4H3,(H,13,14). The van der Waals surface area contributed by atoms with Crippen LogP contribution in [0.1, 0.15) is 27.2 Å². The fraction of sp³-hybridized carbons (Fsp3) is 0.909. The van der Waals surface area contributed by atoms with Crippen LogP contribution in [0.4, 0.5) is 0 Å². The van der Waals surface area contributed by atoms with E-state index in [1.54, 1.807) is 11.8 Å². The first-order valence-corrected chi connectivity index (χ1v) is 6.73. The van der Waals surface area contributed by atoms with E-state index in [0.717, 1.165) is 11.7 Å². The first-order chi connectivity index (χ1) is 7.06. The average Bonchev–Trinajstić information content (AvgIpc) is 2.20. The molecule has 0 aromatic heterocycles. The Balaban J connectivity index is 3.34. The number of likely N-dealkylation sites (N-methyl/N-ethyl adjacent to an activating group) is 1. The number of nitrogens with one attached hydrogen (secondary N) is 2. The Morgan fingerprint density at radius 1 is 1.33 bits per heavy atom. The van der Waals surface area contributed by atoms with Gasteiger partial charge in [-0.15, -0.1) is 0 Å². The van der Waals surface area contributed by atoms with Gasteiger partial charge in [0.05, 0.1) is 5.75 Å². The molecule has 0 fully saturated rings. The fourth-order valence-electron chi connectivity index (χ4n) is 0.904. The van der Waals surface area contributed by atoms with E-state index < -0.39 is 0 Å². The Kier molecular flexibility index (Phi) is 8.91. The molecule has 1 atom stereocenters. The monoisotopic (exact) mass is 232 g/mol. The maximum atomic E-state index is 11.3. The van der Waals surface area contributed by atoms with Gasteiger partial charge in [0.2, 0.25) is 5.91 Å². The summed E-state index contributed by atoms with van der Waals surface area (Å²) in [6.07, 6.45) is 1.19. The summed E-state index contributed by atoms with van der Waals surface area (Å²) in [6.45, 7) is 7.16. The van der Waals surface area contributed by atoms with Crippen molar-refractivity contribution in [3.8, 4) is 0 Å². The van der Waals surface area contributed by atoms with Crippen molar-refractivity contribution in [3.63, 3.8) is 0 Å². The highest BCUT2D eigenvalue weighted by atomic mass is 32.2. The molecule has 15 heavy (non-hydrogen) atoms. The number of carbonyl (C=O) groups excluding carboxylic acids is 1. The number of amides is 1. The number of hydrogen-bond acceptors (Lipinski definition) is 3. The van der Waals surface area contributed by atoms with Gasteiger partial charge in [-0.2, -0.15) is 11.8 Å². The van der Waals surface area contributed by atoms with Crippen LogP contribution < -0.4 is 10.6 Å². The maximum Gasteiger partial charge on any atom is 0.230 e. The minimum atomic E-state index is 0.144. The molecule has 0 aliphatic heterocycles. The highest BCUT2D eigenvalue weighted by Gasteiger charge is 2.03. The quantitative estimate of drug-likeness (QED) is 0.623. The highest BCUT2D eigenvalue weighted by molar-refractivity contribution is 7.99. The maximum absolute atomic E-state index is 11.3. The van der Waals surface area contributed by atoms with Crippen LogP contribution in [0.3, 0.4) is 0 Å². The zero-order valence-corrected chi connectivity index (χ0v) is 11.1. The summed E-state index contributed by atoms with van der Waals surface area (Å²) in [7, 11) is 1.90. The van der Waals surface area contributed by atoms with Crippen LogP contribution in [0.15, 0.2) is 0 Å². The van der Waals surface area contributed by atoms with Gasteiger partial charge in [-0.25, -0.2) is 0 Å². The topological polar surface area (TPSA) is 41.1 Å². The Morgan fingerprint density at radius 2 is 2.00 bits per heavy atom. The molecule has 0 aliphatic rings. The first kappa shape index (κ1) is 14.8. The van der Waals surface area contributed by atoms with Gasteiger partial charge in [-0.3, -0.25) is 4.79 Å². The van der Waals surface area contributed by atoms with Crippen LogP contribution >= 0.6 is 11.8 Å². The van der Waals surface area contributed by atoms with Gasteiger partial charge in [0.1, 0.15) is 0 Å². The number of rotatable bonds is 8. The Hall–Kier alpha value is -0.220. The van der Waals surface area contributed by atoms with Crippen molar-refractivity contribution < 1.29 is 4.79 Å². The molecule has 4 heteroatoms. The van der Waals surface area contributed by atoms with E-state index in [1.807, 2.05) is 14.0 Å². The summed E-state index contributed by atoms with van der Waals surface area (Å²) >= 11 is 1.72. The number of hydrogen-bond donors (Lipinski definition) is 2. The molecule has 0 saturated carbocycles. The molecule has 0 aliphatic carbocycles. The molecule has 0 bridgehead atoms. The predicted molar refractivity (Wildman–Crippen MR) is 68.3 cm³/mol. The lowest BCUT2D eigenvalue weighted by molar-refractivity contribution is -0.118. The second kappa shape index (κ2) is 9.04. The van der Waals surface area contributed by atoms with Crippen LogP contribution in [-0.4, -0.2) is 37.0 Å². The third-order valence-electron chi connectivity index (χ3n) is 2.17. The average molecular weight is 232 g/mol. The lowest BCUT2D eigenvalue weighted by Gasteiger charge is -2.11. The molecular formula is C11H24N2OS.